The van der Waals surface area contributed by atoms with Crippen LogP contribution in [0.15, 0.2) is 43.1 Å². The van der Waals surface area contributed by atoms with E-state index in [-0.39, 0.29) is 5.02 Å². The zero-order chi connectivity index (χ0) is 19.3. The Kier molecular flexibility index (Phi) is 5.62. The van der Waals surface area contributed by atoms with Gasteiger partial charge in [0.05, 0.1) is 5.02 Å². The fourth-order valence-corrected chi connectivity index (χ4v) is 3.53. The molecule has 0 amide bonds. The third-order valence-electron chi connectivity index (χ3n) is 4.78. The van der Waals surface area contributed by atoms with Gasteiger partial charge >= 0.3 is 0 Å². The van der Waals surface area contributed by atoms with Crippen molar-refractivity contribution in [1.82, 2.24) is 19.9 Å². The van der Waals surface area contributed by atoms with Gasteiger partial charge in [-0.2, -0.15) is 4.98 Å². The minimum Gasteiger partial charge on any atom is -0.367 e. The predicted octanol–water partition coefficient (Wildman–Crippen LogP) is 5.21. The van der Waals surface area contributed by atoms with Crippen LogP contribution in [0.5, 0.6) is 0 Å². The Bertz CT molecular complexity index is 947. The first-order valence-electron chi connectivity index (χ1n) is 9.30. The summed E-state index contributed by atoms with van der Waals surface area (Å²) in [5.74, 6) is 0.668. The molecule has 0 atom stereocenters. The summed E-state index contributed by atoms with van der Waals surface area (Å²) in [6.07, 6.45) is 12.7. The SMILES string of the molecule is Fc1ccc(Nc2ncc(-c3cncnc3)c(NC3CCCCC3)n2)cc1Cl. The highest BCUT2D eigenvalue weighted by molar-refractivity contribution is 6.31. The van der Waals surface area contributed by atoms with Crippen LogP contribution in [0.2, 0.25) is 5.02 Å². The highest BCUT2D eigenvalue weighted by atomic mass is 35.5. The van der Waals surface area contributed by atoms with E-state index in [0.29, 0.717) is 17.7 Å². The Labute approximate surface area is 167 Å². The molecule has 1 saturated carbocycles. The molecule has 2 N–H and O–H groups in total. The summed E-state index contributed by atoms with van der Waals surface area (Å²) in [6.45, 7) is 0. The van der Waals surface area contributed by atoms with Crippen LogP contribution in [0.3, 0.4) is 0 Å². The number of rotatable bonds is 5. The molecule has 3 aromatic rings. The molecule has 28 heavy (non-hydrogen) atoms. The first-order chi connectivity index (χ1) is 13.7. The molecule has 0 spiro atoms. The number of benzene rings is 1. The second kappa shape index (κ2) is 8.48. The number of anilines is 3. The van der Waals surface area contributed by atoms with Gasteiger partial charge in [0, 0.05) is 41.4 Å². The molecule has 144 valence electrons. The Morgan fingerprint density at radius 3 is 2.57 bits per heavy atom. The molecule has 0 radical (unpaired) electrons. The maximum Gasteiger partial charge on any atom is 0.229 e. The highest BCUT2D eigenvalue weighted by Crippen LogP contribution is 2.30. The first kappa shape index (κ1) is 18.6. The second-order valence-electron chi connectivity index (χ2n) is 6.82. The zero-order valence-electron chi connectivity index (χ0n) is 15.2. The molecular formula is C20H20ClFN6. The highest BCUT2D eigenvalue weighted by Gasteiger charge is 2.17. The Hall–Kier alpha value is -2.80. The van der Waals surface area contributed by atoms with E-state index in [0.717, 1.165) is 29.8 Å². The maximum atomic E-state index is 13.4. The molecule has 1 aliphatic rings. The number of aromatic nitrogens is 4. The normalized spacial score (nSPS) is 14.6. The van der Waals surface area contributed by atoms with Crippen molar-refractivity contribution in [2.75, 3.05) is 10.6 Å². The lowest BCUT2D eigenvalue weighted by Crippen LogP contribution is -2.23. The van der Waals surface area contributed by atoms with Gasteiger partial charge in [0.25, 0.3) is 0 Å². The average molecular weight is 399 g/mol. The van der Waals surface area contributed by atoms with E-state index in [9.17, 15) is 4.39 Å². The molecule has 6 nitrogen and oxygen atoms in total. The lowest BCUT2D eigenvalue weighted by atomic mass is 9.95. The van der Waals surface area contributed by atoms with Gasteiger partial charge in [-0.05, 0) is 31.0 Å². The van der Waals surface area contributed by atoms with Crippen LogP contribution in [0.4, 0.5) is 21.8 Å². The minimum absolute atomic E-state index is 0.0450. The monoisotopic (exact) mass is 398 g/mol. The van der Waals surface area contributed by atoms with E-state index in [1.807, 2.05) is 0 Å². The number of nitrogens with zero attached hydrogens (tertiary/aromatic N) is 4. The van der Waals surface area contributed by atoms with E-state index in [2.05, 4.69) is 30.6 Å². The molecule has 0 bridgehead atoms. The zero-order valence-corrected chi connectivity index (χ0v) is 16.0. The molecule has 1 aliphatic carbocycles. The minimum atomic E-state index is -0.466. The lowest BCUT2D eigenvalue weighted by Gasteiger charge is -2.24. The quantitative estimate of drug-likeness (QED) is 0.614. The third kappa shape index (κ3) is 4.36. The summed E-state index contributed by atoms with van der Waals surface area (Å²) in [6, 6.07) is 4.78. The summed E-state index contributed by atoms with van der Waals surface area (Å²) in [5, 5.41) is 6.69. The number of hydrogen-bond donors (Lipinski definition) is 2. The smallest absolute Gasteiger partial charge is 0.229 e. The van der Waals surface area contributed by atoms with Gasteiger partial charge in [-0.15, -0.1) is 0 Å². The van der Waals surface area contributed by atoms with Gasteiger partial charge in [-0.25, -0.2) is 19.3 Å². The number of nitrogens with one attached hydrogen (secondary N) is 2. The Morgan fingerprint density at radius 1 is 1.04 bits per heavy atom. The molecule has 4 rings (SSSR count). The average Bonchev–Trinajstić information content (AvgIpc) is 2.72. The van der Waals surface area contributed by atoms with Crippen LogP contribution in [-0.4, -0.2) is 26.0 Å². The summed E-state index contributed by atoms with van der Waals surface area (Å²) in [5.41, 5.74) is 2.30. The van der Waals surface area contributed by atoms with Crippen LogP contribution >= 0.6 is 11.6 Å². The molecule has 2 aromatic heterocycles. The van der Waals surface area contributed by atoms with Crippen molar-refractivity contribution >= 4 is 29.1 Å². The summed E-state index contributed by atoms with van der Waals surface area (Å²) in [7, 11) is 0. The van der Waals surface area contributed by atoms with Crippen LogP contribution in [-0.2, 0) is 0 Å². The summed E-state index contributed by atoms with van der Waals surface area (Å²) >= 11 is 5.86. The van der Waals surface area contributed by atoms with Gasteiger partial charge in [0.15, 0.2) is 0 Å². The van der Waals surface area contributed by atoms with Crippen molar-refractivity contribution in [3.8, 4) is 11.1 Å². The molecule has 0 aliphatic heterocycles. The van der Waals surface area contributed by atoms with E-state index < -0.39 is 5.82 Å². The van der Waals surface area contributed by atoms with E-state index in [4.69, 9.17) is 11.6 Å². The van der Waals surface area contributed by atoms with Crippen molar-refractivity contribution in [2.24, 2.45) is 0 Å². The van der Waals surface area contributed by atoms with E-state index in [1.165, 1.54) is 37.7 Å². The van der Waals surface area contributed by atoms with Crippen LogP contribution in [0.1, 0.15) is 32.1 Å². The lowest BCUT2D eigenvalue weighted by molar-refractivity contribution is 0.462. The fourth-order valence-electron chi connectivity index (χ4n) is 3.34. The van der Waals surface area contributed by atoms with Crippen molar-refractivity contribution in [3.63, 3.8) is 0 Å². The molecule has 0 unspecified atom stereocenters. The third-order valence-corrected chi connectivity index (χ3v) is 5.07. The van der Waals surface area contributed by atoms with Crippen LogP contribution in [0, 0.1) is 5.82 Å². The molecule has 2 heterocycles. The molecule has 1 aromatic carbocycles. The van der Waals surface area contributed by atoms with Crippen molar-refractivity contribution in [3.05, 3.63) is 54.0 Å². The second-order valence-corrected chi connectivity index (χ2v) is 7.22. The summed E-state index contributed by atoms with van der Waals surface area (Å²) < 4.78 is 13.4. The topological polar surface area (TPSA) is 75.6 Å². The standard InChI is InChI=1S/C20H20ClFN6/c21-17-8-15(6-7-18(17)22)27-20-25-11-16(13-9-23-12-24-10-13)19(28-20)26-14-4-2-1-3-5-14/h6-12,14H,1-5H2,(H2,25,26,27,28). The largest absolute Gasteiger partial charge is 0.367 e. The predicted molar refractivity (Wildman–Crippen MR) is 108 cm³/mol. The van der Waals surface area contributed by atoms with Gasteiger partial charge in [0.1, 0.15) is 18.0 Å². The van der Waals surface area contributed by atoms with Crippen molar-refractivity contribution in [1.29, 1.82) is 0 Å². The van der Waals surface area contributed by atoms with Gasteiger partial charge < -0.3 is 10.6 Å². The fraction of sp³-hybridized carbons (Fsp3) is 0.300. The summed E-state index contributed by atoms with van der Waals surface area (Å²) in [4.78, 5) is 17.3. The maximum absolute atomic E-state index is 13.4. The van der Waals surface area contributed by atoms with Gasteiger partial charge in [-0.3, -0.25) is 0 Å². The van der Waals surface area contributed by atoms with Crippen LogP contribution in [0.25, 0.3) is 11.1 Å². The van der Waals surface area contributed by atoms with Crippen molar-refractivity contribution < 1.29 is 4.39 Å². The van der Waals surface area contributed by atoms with Crippen LogP contribution < -0.4 is 10.6 Å². The molecular weight excluding hydrogens is 379 g/mol. The first-order valence-corrected chi connectivity index (χ1v) is 9.68. The number of hydrogen-bond acceptors (Lipinski definition) is 6. The number of halogens is 2. The van der Waals surface area contributed by atoms with Gasteiger partial charge in [-0.1, -0.05) is 30.9 Å². The van der Waals surface area contributed by atoms with Gasteiger partial charge in [0.2, 0.25) is 5.95 Å². The Balaban J connectivity index is 1.64. The van der Waals surface area contributed by atoms with Crippen molar-refractivity contribution in [2.45, 2.75) is 38.1 Å². The van der Waals surface area contributed by atoms with E-state index >= 15 is 0 Å². The molecule has 1 fully saturated rings. The molecule has 0 saturated heterocycles. The van der Waals surface area contributed by atoms with E-state index in [1.54, 1.807) is 24.7 Å². The Morgan fingerprint density at radius 2 is 1.82 bits per heavy atom. The molecule has 8 heteroatoms.